The first kappa shape index (κ1) is 15.9. The van der Waals surface area contributed by atoms with Gasteiger partial charge in [-0.1, -0.05) is 31.5 Å². The summed E-state index contributed by atoms with van der Waals surface area (Å²) < 4.78 is 0. The van der Waals surface area contributed by atoms with Crippen LogP contribution in [0.2, 0.25) is 0 Å². The van der Waals surface area contributed by atoms with Gasteiger partial charge in [-0.25, -0.2) is 0 Å². The normalized spacial score (nSPS) is 18.4. The van der Waals surface area contributed by atoms with Gasteiger partial charge >= 0.3 is 5.97 Å². The fraction of sp³-hybridized carbons (Fsp3) is 0.500. The van der Waals surface area contributed by atoms with Crippen LogP contribution in [0.25, 0.3) is 0 Å². The van der Waals surface area contributed by atoms with Crippen molar-refractivity contribution in [2.24, 2.45) is 0 Å². The Morgan fingerprint density at radius 3 is 2.81 bits per heavy atom. The second-order valence-corrected chi connectivity index (χ2v) is 6.71. The first-order valence-electron chi connectivity index (χ1n) is 7.31. The number of anilines is 1. The van der Waals surface area contributed by atoms with Gasteiger partial charge in [0.1, 0.15) is 5.92 Å². The Labute approximate surface area is 129 Å². The third-order valence-electron chi connectivity index (χ3n) is 3.75. The number of hydrogen-bond acceptors (Lipinski definition) is 3. The molecule has 1 amide bonds. The Morgan fingerprint density at radius 2 is 2.14 bits per heavy atom. The Balaban J connectivity index is 2.14. The number of unbranched alkanes of at least 4 members (excludes halogenated alkanes) is 1. The van der Waals surface area contributed by atoms with E-state index in [1.54, 1.807) is 22.7 Å². The van der Waals surface area contributed by atoms with E-state index in [0.29, 0.717) is 0 Å². The van der Waals surface area contributed by atoms with Gasteiger partial charge in [-0.2, -0.15) is 0 Å². The summed E-state index contributed by atoms with van der Waals surface area (Å²) in [4.78, 5) is 25.6. The molecule has 21 heavy (non-hydrogen) atoms. The fourth-order valence-corrected chi connectivity index (χ4v) is 3.60. The van der Waals surface area contributed by atoms with Crippen LogP contribution in [0.3, 0.4) is 0 Å². The molecule has 114 valence electrons. The van der Waals surface area contributed by atoms with E-state index in [-0.39, 0.29) is 17.7 Å². The van der Waals surface area contributed by atoms with Crippen LogP contribution in [0.1, 0.15) is 38.2 Å². The Morgan fingerprint density at radius 1 is 1.43 bits per heavy atom. The third-order valence-corrected chi connectivity index (χ3v) is 4.97. The molecule has 0 saturated heterocycles. The topological polar surface area (TPSA) is 57.6 Å². The van der Waals surface area contributed by atoms with Gasteiger partial charge < -0.3 is 10.0 Å². The predicted octanol–water partition coefficient (Wildman–Crippen LogP) is 3.12. The summed E-state index contributed by atoms with van der Waals surface area (Å²) in [6.07, 6.45) is 2.21. The summed E-state index contributed by atoms with van der Waals surface area (Å²) in [7, 11) is 0. The van der Waals surface area contributed by atoms with Crippen molar-refractivity contribution in [1.82, 2.24) is 0 Å². The number of amides is 1. The van der Waals surface area contributed by atoms with E-state index in [1.165, 1.54) is 0 Å². The van der Waals surface area contributed by atoms with Crippen molar-refractivity contribution in [2.75, 3.05) is 17.2 Å². The van der Waals surface area contributed by atoms with Gasteiger partial charge in [0.15, 0.2) is 0 Å². The summed E-state index contributed by atoms with van der Waals surface area (Å²) in [5.74, 6) is -0.518. The zero-order chi connectivity index (χ0) is 15.4. The monoisotopic (exact) mass is 307 g/mol. The van der Waals surface area contributed by atoms with Gasteiger partial charge in [0, 0.05) is 12.2 Å². The molecule has 1 aliphatic rings. The number of rotatable bonds is 6. The van der Waals surface area contributed by atoms with Crippen molar-refractivity contribution in [3.63, 3.8) is 0 Å². The number of carbonyl (C=O) groups is 2. The first-order valence-corrected chi connectivity index (χ1v) is 8.35. The Hall–Kier alpha value is -1.49. The number of nitrogens with zero attached hydrogens (tertiary/aromatic N) is 1. The van der Waals surface area contributed by atoms with E-state index in [2.05, 4.69) is 6.92 Å². The fourth-order valence-electron chi connectivity index (χ4n) is 2.52. The number of carboxylic acids is 1. The van der Waals surface area contributed by atoms with Crippen LogP contribution >= 0.6 is 11.8 Å². The van der Waals surface area contributed by atoms with E-state index >= 15 is 0 Å². The van der Waals surface area contributed by atoms with Crippen LogP contribution in [0.5, 0.6) is 0 Å². The molecule has 1 heterocycles. The number of carbonyl (C=O) groups excluding carboxylic acids is 1. The third kappa shape index (κ3) is 3.40. The van der Waals surface area contributed by atoms with Gasteiger partial charge in [0.25, 0.3) is 0 Å². The van der Waals surface area contributed by atoms with Gasteiger partial charge in [-0.05, 0) is 30.7 Å². The largest absolute Gasteiger partial charge is 0.481 e. The van der Waals surface area contributed by atoms with Crippen LogP contribution in [0.15, 0.2) is 24.3 Å². The molecule has 2 unspecified atom stereocenters. The summed E-state index contributed by atoms with van der Waals surface area (Å²) in [5, 5.41) is 9.19. The molecule has 1 N–H and O–H groups in total. The number of aliphatic carboxylic acids is 1. The molecule has 0 radical (unpaired) electrons. The zero-order valence-electron chi connectivity index (χ0n) is 12.4. The van der Waals surface area contributed by atoms with Crippen LogP contribution in [-0.4, -0.2) is 34.5 Å². The van der Waals surface area contributed by atoms with Crippen LogP contribution in [-0.2, 0) is 9.59 Å². The average Bonchev–Trinajstić information content (AvgIpc) is 2.86. The highest BCUT2D eigenvalue weighted by Crippen LogP contribution is 2.37. The molecule has 0 fully saturated rings. The minimum absolute atomic E-state index is 0.00676. The molecule has 0 bridgehead atoms. The molecule has 0 spiro atoms. The van der Waals surface area contributed by atoms with Crippen molar-refractivity contribution in [2.45, 2.75) is 37.9 Å². The molecular weight excluding hydrogens is 286 g/mol. The molecule has 0 aliphatic carbocycles. The van der Waals surface area contributed by atoms with Crippen molar-refractivity contribution in [3.05, 3.63) is 29.8 Å². The van der Waals surface area contributed by atoms with E-state index < -0.39 is 11.9 Å². The van der Waals surface area contributed by atoms with E-state index in [4.69, 9.17) is 0 Å². The molecule has 1 aromatic carbocycles. The van der Waals surface area contributed by atoms with E-state index in [0.717, 1.165) is 29.8 Å². The number of benzene rings is 1. The summed E-state index contributed by atoms with van der Waals surface area (Å²) in [5.41, 5.74) is 1.49. The molecule has 2 atom stereocenters. The van der Waals surface area contributed by atoms with Crippen LogP contribution in [0.4, 0.5) is 5.69 Å². The second kappa shape index (κ2) is 6.98. The molecule has 2 rings (SSSR count). The minimum Gasteiger partial charge on any atom is -0.481 e. The number of hydrogen-bond donors (Lipinski definition) is 1. The van der Waals surface area contributed by atoms with E-state index in [1.807, 2.05) is 25.1 Å². The summed E-state index contributed by atoms with van der Waals surface area (Å²) in [6.45, 7) is 4.27. The molecule has 0 aromatic heterocycles. The lowest BCUT2D eigenvalue weighted by Crippen LogP contribution is -2.36. The lowest BCUT2D eigenvalue weighted by Gasteiger charge is -2.21. The average molecular weight is 307 g/mol. The zero-order valence-corrected chi connectivity index (χ0v) is 13.2. The van der Waals surface area contributed by atoms with Crippen LogP contribution < -0.4 is 4.90 Å². The standard InChI is InChI=1S/C16H21NO3S/c1-3-4-9-21-11(2)15(18)17-10-13(16(19)20)12-7-5-6-8-14(12)17/h5-8,11,13H,3-4,9-10H2,1-2H3,(H,19,20). The molecule has 0 saturated carbocycles. The number of thioether (sulfide) groups is 1. The van der Waals surface area contributed by atoms with E-state index in [9.17, 15) is 14.7 Å². The van der Waals surface area contributed by atoms with Gasteiger partial charge in [0.2, 0.25) is 5.91 Å². The SMILES string of the molecule is CCCCSC(C)C(=O)N1CC(C(=O)O)c2ccccc21. The summed E-state index contributed by atoms with van der Waals surface area (Å²) in [6, 6.07) is 7.30. The Bertz CT molecular complexity index is 532. The highest BCUT2D eigenvalue weighted by atomic mass is 32.2. The molecular formula is C16H21NO3S. The van der Waals surface area contributed by atoms with Crippen molar-refractivity contribution in [1.29, 1.82) is 0 Å². The molecule has 4 nitrogen and oxygen atoms in total. The van der Waals surface area contributed by atoms with Crippen LogP contribution in [0, 0.1) is 0 Å². The quantitative estimate of drug-likeness (QED) is 0.820. The van der Waals surface area contributed by atoms with Crippen molar-refractivity contribution < 1.29 is 14.7 Å². The molecule has 1 aliphatic heterocycles. The van der Waals surface area contributed by atoms with Crippen molar-refractivity contribution in [3.8, 4) is 0 Å². The number of para-hydroxylation sites is 1. The van der Waals surface area contributed by atoms with Gasteiger partial charge in [0.05, 0.1) is 5.25 Å². The maximum atomic E-state index is 12.6. The van der Waals surface area contributed by atoms with Gasteiger partial charge in [-0.15, -0.1) is 11.8 Å². The lowest BCUT2D eigenvalue weighted by molar-refractivity contribution is -0.138. The Kier molecular flexibility index (Phi) is 5.28. The highest BCUT2D eigenvalue weighted by Gasteiger charge is 2.37. The second-order valence-electron chi connectivity index (χ2n) is 5.27. The minimum atomic E-state index is -0.871. The predicted molar refractivity (Wildman–Crippen MR) is 86.0 cm³/mol. The highest BCUT2D eigenvalue weighted by molar-refractivity contribution is 8.00. The molecule has 1 aromatic rings. The number of fused-ring (bicyclic) bond motifs is 1. The maximum absolute atomic E-state index is 12.6. The molecule has 5 heteroatoms. The lowest BCUT2D eigenvalue weighted by atomic mass is 10.0. The van der Waals surface area contributed by atoms with Crippen molar-refractivity contribution >= 4 is 29.3 Å². The smallest absolute Gasteiger partial charge is 0.312 e. The van der Waals surface area contributed by atoms with Gasteiger partial charge in [-0.3, -0.25) is 9.59 Å². The first-order chi connectivity index (χ1) is 10.1. The summed E-state index contributed by atoms with van der Waals surface area (Å²) >= 11 is 1.64. The maximum Gasteiger partial charge on any atom is 0.312 e. The number of carboxylic acid groups (broad SMARTS) is 1.